The average molecular weight is 396 g/mol. The summed E-state index contributed by atoms with van der Waals surface area (Å²) in [6.07, 6.45) is 0. The third-order valence-corrected chi connectivity index (χ3v) is 6.34. The predicted molar refractivity (Wildman–Crippen MR) is 81.3 cm³/mol. The Balaban J connectivity index is 2.35. The van der Waals surface area contributed by atoms with Crippen molar-refractivity contribution in [2.75, 3.05) is 0 Å². The summed E-state index contributed by atoms with van der Waals surface area (Å²) in [5.74, 6) is -1.34. The molecule has 8 heteroatoms. The zero-order chi connectivity index (χ0) is 14.9. The molecule has 2 aromatic rings. The molecule has 0 amide bonds. The molecule has 20 heavy (non-hydrogen) atoms. The van der Waals surface area contributed by atoms with Crippen molar-refractivity contribution in [1.29, 1.82) is 0 Å². The highest BCUT2D eigenvalue weighted by Gasteiger charge is 2.19. The summed E-state index contributed by atoms with van der Waals surface area (Å²) < 4.78 is 25.3. The molecule has 0 atom stereocenters. The van der Waals surface area contributed by atoms with Crippen molar-refractivity contribution >= 4 is 54.7 Å². The van der Waals surface area contributed by atoms with Crippen LogP contribution < -0.4 is 0 Å². The number of aromatic carboxylic acids is 1. The van der Waals surface area contributed by atoms with Crippen LogP contribution in [0.2, 0.25) is 5.02 Å². The molecule has 0 radical (unpaired) electrons. The second-order valence-corrected chi connectivity index (χ2v) is 8.25. The first-order chi connectivity index (χ1) is 9.29. The molecule has 0 fully saturated rings. The second-order valence-electron chi connectivity index (χ2n) is 3.94. The Morgan fingerprint density at radius 2 is 2.05 bits per heavy atom. The van der Waals surface area contributed by atoms with Gasteiger partial charge in [-0.1, -0.05) is 11.6 Å². The van der Waals surface area contributed by atoms with Gasteiger partial charge in [-0.3, -0.25) is 0 Å². The van der Waals surface area contributed by atoms with Gasteiger partial charge >= 0.3 is 5.97 Å². The van der Waals surface area contributed by atoms with Crippen molar-refractivity contribution < 1.29 is 18.3 Å². The van der Waals surface area contributed by atoms with Crippen LogP contribution >= 0.6 is 38.9 Å². The van der Waals surface area contributed by atoms with Gasteiger partial charge in [0.2, 0.25) is 0 Å². The van der Waals surface area contributed by atoms with Crippen LogP contribution in [-0.4, -0.2) is 19.5 Å². The lowest BCUT2D eigenvalue weighted by atomic mass is 10.2. The minimum Gasteiger partial charge on any atom is -0.478 e. The number of carbonyl (C=O) groups is 1. The number of carboxylic acids is 1. The lowest BCUT2D eigenvalue weighted by molar-refractivity contribution is 0.0697. The molecule has 0 aliphatic carbocycles. The van der Waals surface area contributed by atoms with Crippen LogP contribution in [0.25, 0.3) is 0 Å². The molecule has 0 spiro atoms. The zero-order valence-corrected chi connectivity index (χ0v) is 13.8. The molecule has 0 saturated carbocycles. The van der Waals surface area contributed by atoms with E-state index in [2.05, 4.69) is 15.9 Å². The first kappa shape index (κ1) is 15.5. The van der Waals surface area contributed by atoms with E-state index in [0.717, 1.165) is 4.47 Å². The van der Waals surface area contributed by atoms with Gasteiger partial charge < -0.3 is 5.11 Å². The normalized spacial score (nSPS) is 11.5. The monoisotopic (exact) mass is 394 g/mol. The summed E-state index contributed by atoms with van der Waals surface area (Å²) in [4.78, 5) is 11.5. The van der Waals surface area contributed by atoms with E-state index in [1.54, 1.807) is 11.4 Å². The lowest BCUT2D eigenvalue weighted by Crippen LogP contribution is -2.05. The number of rotatable bonds is 4. The van der Waals surface area contributed by atoms with Gasteiger partial charge in [0.15, 0.2) is 9.84 Å². The molecule has 0 aliphatic rings. The third kappa shape index (κ3) is 3.41. The van der Waals surface area contributed by atoms with Crippen molar-refractivity contribution in [3.05, 3.63) is 49.6 Å². The van der Waals surface area contributed by atoms with Gasteiger partial charge in [-0.25, -0.2) is 13.2 Å². The Morgan fingerprint density at radius 1 is 1.35 bits per heavy atom. The first-order valence-electron chi connectivity index (χ1n) is 5.28. The van der Waals surface area contributed by atoms with Crippen molar-refractivity contribution in [2.24, 2.45) is 0 Å². The van der Waals surface area contributed by atoms with Crippen LogP contribution in [0.3, 0.4) is 0 Å². The highest BCUT2D eigenvalue weighted by molar-refractivity contribution is 9.10. The Kier molecular flexibility index (Phi) is 4.53. The average Bonchev–Trinajstić information content (AvgIpc) is 2.73. The number of carboxylic acid groups (broad SMARTS) is 1. The molecular weight excluding hydrogens is 388 g/mol. The largest absolute Gasteiger partial charge is 0.478 e. The summed E-state index contributed by atoms with van der Waals surface area (Å²) >= 11 is 10.4. The minimum absolute atomic E-state index is 0.0111. The van der Waals surface area contributed by atoms with Crippen LogP contribution in [0, 0.1) is 0 Å². The maximum atomic E-state index is 12.2. The SMILES string of the molecule is O=C(O)c1ccc(S(=O)(=O)Cc2cc(Br)cs2)cc1Cl. The molecule has 1 aromatic carbocycles. The van der Waals surface area contributed by atoms with E-state index in [9.17, 15) is 13.2 Å². The van der Waals surface area contributed by atoms with Crippen LogP contribution in [0.4, 0.5) is 0 Å². The molecule has 0 unspecified atom stereocenters. The quantitative estimate of drug-likeness (QED) is 0.854. The van der Waals surface area contributed by atoms with Crippen LogP contribution in [0.5, 0.6) is 0 Å². The van der Waals surface area contributed by atoms with Crippen LogP contribution in [-0.2, 0) is 15.6 Å². The highest BCUT2D eigenvalue weighted by Crippen LogP contribution is 2.27. The van der Waals surface area contributed by atoms with Gasteiger partial charge in [-0.15, -0.1) is 11.3 Å². The van der Waals surface area contributed by atoms with E-state index >= 15 is 0 Å². The topological polar surface area (TPSA) is 71.4 Å². The van der Waals surface area contributed by atoms with Crippen molar-refractivity contribution in [2.45, 2.75) is 10.6 Å². The zero-order valence-electron chi connectivity index (χ0n) is 9.84. The van der Waals surface area contributed by atoms with Gasteiger partial charge in [-0.05, 0) is 40.2 Å². The van der Waals surface area contributed by atoms with Gasteiger partial charge in [0.05, 0.1) is 21.2 Å². The number of benzene rings is 1. The lowest BCUT2D eigenvalue weighted by Gasteiger charge is -2.05. The maximum Gasteiger partial charge on any atom is 0.337 e. The molecule has 0 aliphatic heterocycles. The van der Waals surface area contributed by atoms with Crippen LogP contribution in [0.15, 0.2) is 39.0 Å². The fourth-order valence-electron chi connectivity index (χ4n) is 1.56. The summed E-state index contributed by atoms with van der Waals surface area (Å²) in [5.41, 5.74) is -0.121. The molecule has 106 valence electrons. The first-order valence-corrected chi connectivity index (χ1v) is 8.98. The predicted octanol–water partition coefficient (Wildman–Crippen LogP) is 3.84. The Labute approximate surface area is 133 Å². The molecule has 0 saturated heterocycles. The fourth-order valence-corrected chi connectivity index (χ4v) is 5.06. The summed E-state index contributed by atoms with van der Waals surface area (Å²) in [7, 11) is -3.55. The number of hydrogen-bond donors (Lipinski definition) is 1. The van der Waals surface area contributed by atoms with Crippen molar-refractivity contribution in [3.63, 3.8) is 0 Å². The van der Waals surface area contributed by atoms with Crippen LogP contribution in [0.1, 0.15) is 15.2 Å². The second kappa shape index (κ2) is 5.85. The van der Waals surface area contributed by atoms with Crippen molar-refractivity contribution in [3.8, 4) is 0 Å². The third-order valence-electron chi connectivity index (χ3n) is 2.48. The van der Waals surface area contributed by atoms with E-state index in [1.807, 2.05) is 0 Å². The summed E-state index contributed by atoms with van der Waals surface area (Å²) in [6.45, 7) is 0. The van der Waals surface area contributed by atoms with E-state index in [-0.39, 0.29) is 21.2 Å². The van der Waals surface area contributed by atoms with Crippen molar-refractivity contribution in [1.82, 2.24) is 0 Å². The standard InChI is InChI=1S/C12H8BrClO4S2/c13-7-3-8(19-5-7)6-20(17,18)9-1-2-10(12(15)16)11(14)4-9/h1-5H,6H2,(H,15,16). The number of thiophene rings is 1. The summed E-state index contributed by atoms with van der Waals surface area (Å²) in [5, 5.41) is 10.6. The maximum absolute atomic E-state index is 12.2. The molecule has 0 bridgehead atoms. The Morgan fingerprint density at radius 3 is 2.55 bits per heavy atom. The van der Waals surface area contributed by atoms with Gasteiger partial charge in [0, 0.05) is 14.7 Å². The Bertz CT molecular complexity index is 768. The molecule has 1 aromatic heterocycles. The van der Waals surface area contributed by atoms with Gasteiger partial charge in [0.25, 0.3) is 0 Å². The fraction of sp³-hybridized carbons (Fsp3) is 0.0833. The van der Waals surface area contributed by atoms with Gasteiger partial charge in [0.1, 0.15) is 0 Å². The molecule has 1 heterocycles. The van der Waals surface area contributed by atoms with E-state index in [1.165, 1.54) is 29.5 Å². The number of halogens is 2. The number of sulfone groups is 1. The molecule has 1 N–H and O–H groups in total. The van der Waals surface area contributed by atoms with E-state index in [4.69, 9.17) is 16.7 Å². The summed E-state index contributed by atoms with van der Waals surface area (Å²) in [6, 6.07) is 5.35. The molecular formula is C12H8BrClO4S2. The highest BCUT2D eigenvalue weighted by atomic mass is 79.9. The Hall–Kier alpha value is -0.890. The molecule has 2 rings (SSSR count). The van der Waals surface area contributed by atoms with E-state index < -0.39 is 15.8 Å². The minimum atomic E-state index is -3.55. The van der Waals surface area contributed by atoms with Gasteiger partial charge in [-0.2, -0.15) is 0 Å². The smallest absolute Gasteiger partial charge is 0.337 e. The molecule has 4 nitrogen and oxygen atoms in total. The number of hydrogen-bond acceptors (Lipinski definition) is 4. The van der Waals surface area contributed by atoms with E-state index in [0.29, 0.717) is 4.88 Å².